The number of hydrogen-bond acceptors (Lipinski definition) is 6. The van der Waals surface area contributed by atoms with Crippen LogP contribution in [0.25, 0.3) is 0 Å². The van der Waals surface area contributed by atoms with Crippen LogP contribution >= 0.6 is 0 Å². The third kappa shape index (κ3) is 3.45. The summed E-state index contributed by atoms with van der Waals surface area (Å²) in [6.45, 7) is 2.04. The van der Waals surface area contributed by atoms with Crippen LogP contribution in [0.3, 0.4) is 0 Å². The summed E-state index contributed by atoms with van der Waals surface area (Å²) in [7, 11) is 2.88. The maximum atomic E-state index is 11.5. The fourth-order valence-electron chi connectivity index (χ4n) is 1.78. The number of nitriles is 1. The third-order valence-electron chi connectivity index (χ3n) is 2.77. The Morgan fingerprint density at radius 3 is 2.75 bits per heavy atom. The highest BCUT2D eigenvalue weighted by atomic mass is 16.6. The Kier molecular flexibility index (Phi) is 5.03. The van der Waals surface area contributed by atoms with Gasteiger partial charge in [0.05, 0.1) is 29.6 Å². The molecule has 20 heavy (non-hydrogen) atoms. The van der Waals surface area contributed by atoms with Crippen molar-refractivity contribution < 1.29 is 14.5 Å². The van der Waals surface area contributed by atoms with E-state index in [9.17, 15) is 14.9 Å². The molecule has 0 fully saturated rings. The monoisotopic (exact) mass is 277 g/mol. The Hall–Kier alpha value is -2.62. The summed E-state index contributed by atoms with van der Waals surface area (Å²) in [5, 5.41) is 19.8. The number of anilines is 1. The van der Waals surface area contributed by atoms with E-state index in [0.29, 0.717) is 6.54 Å². The average molecular weight is 277 g/mol. The van der Waals surface area contributed by atoms with Crippen molar-refractivity contribution in [1.29, 1.82) is 5.26 Å². The lowest BCUT2D eigenvalue weighted by molar-refractivity contribution is -0.384. The van der Waals surface area contributed by atoms with Crippen LogP contribution in [0.15, 0.2) is 18.2 Å². The maximum Gasteiger partial charge on any atom is 0.337 e. The van der Waals surface area contributed by atoms with Crippen molar-refractivity contribution in [1.82, 2.24) is 0 Å². The number of nitrogens with zero attached hydrogens (tertiary/aromatic N) is 3. The van der Waals surface area contributed by atoms with Gasteiger partial charge in [0.2, 0.25) is 0 Å². The molecule has 0 spiro atoms. The second-order valence-corrected chi connectivity index (χ2v) is 4.36. The maximum absolute atomic E-state index is 11.5. The lowest BCUT2D eigenvalue weighted by Crippen LogP contribution is -2.24. The Morgan fingerprint density at radius 2 is 2.25 bits per heavy atom. The zero-order valence-corrected chi connectivity index (χ0v) is 11.5. The van der Waals surface area contributed by atoms with Crippen molar-refractivity contribution in [3.63, 3.8) is 0 Å². The first kappa shape index (κ1) is 15.4. The molecule has 1 rings (SSSR count). The number of carbonyl (C=O) groups is 1. The number of rotatable bonds is 5. The van der Waals surface area contributed by atoms with Gasteiger partial charge in [0.1, 0.15) is 5.69 Å². The molecular formula is C13H15N3O4. The van der Waals surface area contributed by atoms with Crippen LogP contribution in [0, 0.1) is 27.4 Å². The van der Waals surface area contributed by atoms with Crippen LogP contribution in [0.4, 0.5) is 11.4 Å². The highest BCUT2D eigenvalue weighted by molar-refractivity contribution is 5.91. The van der Waals surface area contributed by atoms with E-state index in [4.69, 9.17) is 5.26 Å². The third-order valence-corrected chi connectivity index (χ3v) is 2.77. The molecule has 0 amide bonds. The molecule has 1 aromatic rings. The predicted molar refractivity (Wildman–Crippen MR) is 72.5 cm³/mol. The molecule has 0 saturated heterocycles. The fraction of sp³-hybridized carbons (Fsp3) is 0.385. The van der Waals surface area contributed by atoms with Crippen molar-refractivity contribution in [2.24, 2.45) is 5.92 Å². The minimum absolute atomic E-state index is 0.120. The van der Waals surface area contributed by atoms with Crippen LogP contribution in [-0.4, -0.2) is 31.6 Å². The molecule has 7 heteroatoms. The van der Waals surface area contributed by atoms with E-state index in [-0.39, 0.29) is 22.9 Å². The summed E-state index contributed by atoms with van der Waals surface area (Å²) >= 11 is 0. The van der Waals surface area contributed by atoms with Gasteiger partial charge in [-0.1, -0.05) is 0 Å². The molecule has 0 N–H and O–H groups in total. The van der Waals surface area contributed by atoms with E-state index < -0.39 is 10.9 Å². The number of nitro benzene ring substituents is 1. The van der Waals surface area contributed by atoms with E-state index in [2.05, 4.69) is 10.8 Å². The smallest absolute Gasteiger partial charge is 0.337 e. The van der Waals surface area contributed by atoms with E-state index in [1.807, 2.05) is 0 Å². The van der Waals surface area contributed by atoms with Crippen LogP contribution in [-0.2, 0) is 4.74 Å². The Morgan fingerprint density at radius 1 is 1.60 bits per heavy atom. The molecule has 1 unspecified atom stereocenters. The molecule has 1 aromatic carbocycles. The first-order valence-corrected chi connectivity index (χ1v) is 5.88. The Balaban J connectivity index is 3.22. The van der Waals surface area contributed by atoms with Crippen molar-refractivity contribution >= 4 is 17.3 Å². The molecule has 1 atom stereocenters. The molecule has 0 saturated carbocycles. The van der Waals surface area contributed by atoms with Gasteiger partial charge in [0.25, 0.3) is 5.69 Å². The molecule has 0 aliphatic carbocycles. The quantitative estimate of drug-likeness (QED) is 0.464. The van der Waals surface area contributed by atoms with Gasteiger partial charge in [-0.2, -0.15) is 5.26 Å². The summed E-state index contributed by atoms with van der Waals surface area (Å²) in [4.78, 5) is 23.6. The van der Waals surface area contributed by atoms with Crippen molar-refractivity contribution in [3.8, 4) is 6.07 Å². The second kappa shape index (κ2) is 6.52. The number of hydrogen-bond donors (Lipinski definition) is 0. The summed E-state index contributed by atoms with van der Waals surface area (Å²) in [6, 6.07) is 6.06. The fourth-order valence-corrected chi connectivity index (χ4v) is 1.78. The summed E-state index contributed by atoms with van der Waals surface area (Å²) in [6.07, 6.45) is 0. The van der Waals surface area contributed by atoms with Crippen molar-refractivity contribution in [2.45, 2.75) is 6.92 Å². The summed E-state index contributed by atoms with van der Waals surface area (Å²) in [5.41, 5.74) is 0.384. The van der Waals surface area contributed by atoms with Crippen molar-refractivity contribution in [2.75, 3.05) is 25.6 Å². The van der Waals surface area contributed by atoms with Gasteiger partial charge in [-0.25, -0.2) is 4.79 Å². The predicted octanol–water partition coefficient (Wildman–Crippen LogP) is 1.98. The minimum atomic E-state index is -0.567. The van der Waals surface area contributed by atoms with E-state index in [0.717, 1.165) is 0 Å². The van der Waals surface area contributed by atoms with Gasteiger partial charge in [-0.3, -0.25) is 10.1 Å². The molecule has 0 heterocycles. The molecule has 0 aromatic heterocycles. The second-order valence-electron chi connectivity index (χ2n) is 4.36. The lowest BCUT2D eigenvalue weighted by Gasteiger charge is -2.20. The van der Waals surface area contributed by atoms with Crippen LogP contribution < -0.4 is 4.90 Å². The molecule has 7 nitrogen and oxygen atoms in total. The van der Waals surface area contributed by atoms with Gasteiger partial charge in [0, 0.05) is 19.7 Å². The number of carbonyl (C=O) groups excluding carboxylic acids is 1. The van der Waals surface area contributed by atoms with Crippen LogP contribution in [0.5, 0.6) is 0 Å². The van der Waals surface area contributed by atoms with E-state index in [1.54, 1.807) is 18.9 Å². The molecule has 106 valence electrons. The number of ether oxygens (including phenoxy) is 1. The Bertz CT molecular complexity index is 565. The largest absolute Gasteiger partial charge is 0.465 e. The number of benzene rings is 1. The van der Waals surface area contributed by atoms with Gasteiger partial charge in [0.15, 0.2) is 0 Å². The zero-order chi connectivity index (χ0) is 15.3. The molecule has 0 aliphatic rings. The SMILES string of the molecule is COC(=O)c1ccc([N+](=O)[O-])c(N(C)CC(C)C#N)c1. The molecular weight excluding hydrogens is 262 g/mol. The zero-order valence-electron chi connectivity index (χ0n) is 11.5. The van der Waals surface area contributed by atoms with E-state index in [1.165, 1.54) is 25.3 Å². The first-order chi connectivity index (χ1) is 9.40. The van der Waals surface area contributed by atoms with E-state index >= 15 is 0 Å². The highest BCUT2D eigenvalue weighted by Gasteiger charge is 2.21. The minimum Gasteiger partial charge on any atom is -0.465 e. The normalized spacial score (nSPS) is 11.3. The van der Waals surface area contributed by atoms with Crippen LogP contribution in [0.2, 0.25) is 0 Å². The highest BCUT2D eigenvalue weighted by Crippen LogP contribution is 2.29. The van der Waals surface area contributed by atoms with Gasteiger partial charge < -0.3 is 9.64 Å². The molecule has 0 bridgehead atoms. The van der Waals surface area contributed by atoms with Crippen molar-refractivity contribution in [3.05, 3.63) is 33.9 Å². The summed E-state index contributed by atoms with van der Waals surface area (Å²) < 4.78 is 4.59. The number of esters is 1. The van der Waals surface area contributed by atoms with Gasteiger partial charge in [-0.05, 0) is 19.1 Å². The Labute approximate surface area is 116 Å². The first-order valence-electron chi connectivity index (χ1n) is 5.88. The number of methoxy groups -OCH3 is 1. The molecule has 0 radical (unpaired) electrons. The topological polar surface area (TPSA) is 96.5 Å². The van der Waals surface area contributed by atoms with Gasteiger partial charge >= 0.3 is 5.97 Å². The standard InChI is InChI=1S/C13H15N3O4/c1-9(7-14)8-15(2)12-6-10(13(17)20-3)4-5-11(12)16(18)19/h4-6,9H,8H2,1-3H3. The molecule has 0 aliphatic heterocycles. The van der Waals surface area contributed by atoms with Crippen LogP contribution in [0.1, 0.15) is 17.3 Å². The number of nitro groups is 1. The lowest BCUT2D eigenvalue weighted by atomic mass is 10.1. The average Bonchev–Trinajstić information content (AvgIpc) is 2.45. The van der Waals surface area contributed by atoms with Gasteiger partial charge in [-0.15, -0.1) is 0 Å². The summed E-state index contributed by atoms with van der Waals surface area (Å²) in [5.74, 6) is -0.857.